The Labute approximate surface area is 114 Å². The number of nitrogens with one attached hydrogen (secondary N) is 1. The highest BCUT2D eigenvalue weighted by molar-refractivity contribution is 5.85. The first-order valence-corrected chi connectivity index (χ1v) is 5.80. The van der Waals surface area contributed by atoms with E-state index in [1.807, 2.05) is 38.1 Å². The number of halogens is 1. The van der Waals surface area contributed by atoms with Crippen LogP contribution in [0.2, 0.25) is 0 Å². The van der Waals surface area contributed by atoms with Gasteiger partial charge in [-0.15, -0.1) is 12.4 Å². The first kappa shape index (κ1) is 16.7. The quantitative estimate of drug-likeness (QED) is 0.828. The molecule has 0 saturated heterocycles. The van der Waals surface area contributed by atoms with Gasteiger partial charge in [-0.25, -0.2) is 0 Å². The smallest absolute Gasteiger partial charge is 0.223 e. The first-order chi connectivity index (χ1) is 8.11. The molecule has 1 amide bonds. The summed E-state index contributed by atoms with van der Waals surface area (Å²) in [6, 6.07) is 7.78. The summed E-state index contributed by atoms with van der Waals surface area (Å²) in [6.07, 6.45) is 0.346. The van der Waals surface area contributed by atoms with Gasteiger partial charge in [-0.05, 0) is 31.5 Å². The average molecular weight is 273 g/mol. The number of hydrogen-bond acceptors (Lipinski definition) is 3. The molecule has 0 spiro atoms. The predicted octanol–water partition coefficient (Wildman–Crippen LogP) is 1.65. The number of benzene rings is 1. The van der Waals surface area contributed by atoms with Crippen LogP contribution < -0.4 is 15.8 Å². The van der Waals surface area contributed by atoms with Crippen molar-refractivity contribution in [3.63, 3.8) is 0 Å². The molecule has 0 saturated carbocycles. The molecule has 4 nitrogen and oxygen atoms in total. The van der Waals surface area contributed by atoms with Crippen molar-refractivity contribution in [1.82, 2.24) is 5.32 Å². The number of carbonyl (C=O) groups is 1. The second-order valence-electron chi connectivity index (χ2n) is 4.12. The second kappa shape index (κ2) is 8.78. The standard InChI is InChI=1S/C13H20N2O2.ClH/c1-10-4-3-5-12(8-10)17-7-6-13(16)15-11(2)9-14;/h3-5,8,11H,6-7,9,14H2,1-2H3,(H,15,16);1H/t11-;/m1./s1. The van der Waals surface area contributed by atoms with Crippen LogP contribution in [-0.2, 0) is 4.79 Å². The lowest BCUT2D eigenvalue weighted by Crippen LogP contribution is -2.38. The molecule has 0 aromatic heterocycles. The van der Waals surface area contributed by atoms with E-state index in [4.69, 9.17) is 10.5 Å². The van der Waals surface area contributed by atoms with Gasteiger partial charge in [0.05, 0.1) is 13.0 Å². The van der Waals surface area contributed by atoms with E-state index in [1.165, 1.54) is 0 Å². The number of aryl methyl sites for hydroxylation is 1. The maximum absolute atomic E-state index is 11.4. The summed E-state index contributed by atoms with van der Waals surface area (Å²) in [7, 11) is 0. The molecule has 0 aliphatic carbocycles. The zero-order valence-corrected chi connectivity index (χ0v) is 11.6. The van der Waals surface area contributed by atoms with Gasteiger partial charge in [0.25, 0.3) is 0 Å². The van der Waals surface area contributed by atoms with Gasteiger partial charge < -0.3 is 15.8 Å². The van der Waals surface area contributed by atoms with E-state index in [0.29, 0.717) is 19.6 Å². The number of amides is 1. The highest BCUT2D eigenvalue weighted by Gasteiger charge is 2.05. The third kappa shape index (κ3) is 6.47. The molecule has 1 rings (SSSR count). The maximum Gasteiger partial charge on any atom is 0.223 e. The van der Waals surface area contributed by atoms with Gasteiger partial charge >= 0.3 is 0 Å². The topological polar surface area (TPSA) is 64.3 Å². The molecule has 3 N–H and O–H groups in total. The van der Waals surface area contributed by atoms with Crippen LogP contribution in [0.1, 0.15) is 18.9 Å². The lowest BCUT2D eigenvalue weighted by atomic mass is 10.2. The van der Waals surface area contributed by atoms with E-state index >= 15 is 0 Å². The molecule has 18 heavy (non-hydrogen) atoms. The highest BCUT2D eigenvalue weighted by atomic mass is 35.5. The number of ether oxygens (including phenoxy) is 1. The van der Waals surface area contributed by atoms with Gasteiger partial charge in [-0.3, -0.25) is 4.79 Å². The Morgan fingerprint density at radius 3 is 2.83 bits per heavy atom. The Morgan fingerprint density at radius 1 is 1.50 bits per heavy atom. The molecule has 0 aliphatic rings. The number of nitrogens with two attached hydrogens (primary N) is 1. The molecule has 1 aromatic carbocycles. The fraction of sp³-hybridized carbons (Fsp3) is 0.462. The summed E-state index contributed by atoms with van der Waals surface area (Å²) in [4.78, 5) is 11.4. The van der Waals surface area contributed by atoms with E-state index < -0.39 is 0 Å². The van der Waals surface area contributed by atoms with Gasteiger partial charge in [0.1, 0.15) is 5.75 Å². The van der Waals surface area contributed by atoms with Gasteiger partial charge in [-0.2, -0.15) is 0 Å². The van der Waals surface area contributed by atoms with E-state index in [1.54, 1.807) is 0 Å². The normalized spacial score (nSPS) is 11.3. The van der Waals surface area contributed by atoms with E-state index in [9.17, 15) is 4.79 Å². The molecule has 5 heteroatoms. The SMILES string of the molecule is Cc1cccc(OCCC(=O)N[C@H](C)CN)c1.Cl. The van der Waals surface area contributed by atoms with Crippen LogP contribution >= 0.6 is 12.4 Å². The van der Waals surface area contributed by atoms with Crippen LogP contribution in [0.25, 0.3) is 0 Å². The van der Waals surface area contributed by atoms with Crippen molar-refractivity contribution in [2.45, 2.75) is 26.3 Å². The minimum absolute atomic E-state index is 0. The zero-order chi connectivity index (χ0) is 12.7. The lowest BCUT2D eigenvalue weighted by molar-refractivity contribution is -0.122. The number of rotatable bonds is 6. The molecule has 0 bridgehead atoms. The van der Waals surface area contributed by atoms with Crippen molar-refractivity contribution < 1.29 is 9.53 Å². The molecular weight excluding hydrogens is 252 g/mol. The largest absolute Gasteiger partial charge is 0.493 e. The Hall–Kier alpha value is -1.26. The van der Waals surface area contributed by atoms with Gasteiger partial charge in [0.2, 0.25) is 5.91 Å². The third-order valence-electron chi connectivity index (χ3n) is 2.35. The molecule has 0 unspecified atom stereocenters. The lowest BCUT2D eigenvalue weighted by Gasteiger charge is -2.11. The van der Waals surface area contributed by atoms with Crippen LogP contribution in [0.3, 0.4) is 0 Å². The van der Waals surface area contributed by atoms with Crippen molar-refractivity contribution in [2.24, 2.45) is 5.73 Å². The second-order valence-corrected chi connectivity index (χ2v) is 4.12. The number of carbonyl (C=O) groups excluding carboxylic acids is 1. The summed E-state index contributed by atoms with van der Waals surface area (Å²) in [5.74, 6) is 0.764. The van der Waals surface area contributed by atoms with Gasteiger partial charge in [0.15, 0.2) is 0 Å². The van der Waals surface area contributed by atoms with Crippen molar-refractivity contribution in [3.8, 4) is 5.75 Å². The van der Waals surface area contributed by atoms with E-state index in [-0.39, 0.29) is 24.4 Å². The number of hydrogen-bond donors (Lipinski definition) is 2. The average Bonchev–Trinajstić information content (AvgIpc) is 2.29. The molecule has 1 atom stereocenters. The van der Waals surface area contributed by atoms with Crippen LogP contribution in [0, 0.1) is 6.92 Å². The van der Waals surface area contributed by atoms with Crippen LogP contribution in [0.5, 0.6) is 5.75 Å². The monoisotopic (exact) mass is 272 g/mol. The Balaban J connectivity index is 0.00000289. The van der Waals surface area contributed by atoms with E-state index in [2.05, 4.69) is 5.32 Å². The molecule has 0 heterocycles. The minimum atomic E-state index is -0.0318. The summed E-state index contributed by atoms with van der Waals surface area (Å²) < 4.78 is 5.48. The van der Waals surface area contributed by atoms with Crippen molar-refractivity contribution in [3.05, 3.63) is 29.8 Å². The molecule has 0 radical (unpaired) electrons. The molecular formula is C13H21ClN2O2. The summed E-state index contributed by atoms with van der Waals surface area (Å²) in [6.45, 7) is 4.71. The predicted molar refractivity (Wildman–Crippen MR) is 75.2 cm³/mol. The fourth-order valence-electron chi connectivity index (χ4n) is 1.37. The van der Waals surface area contributed by atoms with Gasteiger partial charge in [0, 0.05) is 12.6 Å². The molecule has 0 aliphatic heterocycles. The highest BCUT2D eigenvalue weighted by Crippen LogP contribution is 2.12. The van der Waals surface area contributed by atoms with E-state index in [0.717, 1.165) is 11.3 Å². The Morgan fingerprint density at radius 2 is 2.22 bits per heavy atom. The summed E-state index contributed by atoms with van der Waals surface area (Å²) in [5, 5.41) is 2.78. The van der Waals surface area contributed by atoms with Crippen LogP contribution in [0.4, 0.5) is 0 Å². The van der Waals surface area contributed by atoms with Crippen LogP contribution in [-0.4, -0.2) is 25.1 Å². The third-order valence-corrected chi connectivity index (χ3v) is 2.35. The summed E-state index contributed by atoms with van der Waals surface area (Å²) in [5.41, 5.74) is 6.55. The van der Waals surface area contributed by atoms with Crippen molar-refractivity contribution in [1.29, 1.82) is 0 Å². The Kier molecular flexibility index (Phi) is 8.16. The first-order valence-electron chi connectivity index (χ1n) is 5.80. The molecule has 1 aromatic rings. The van der Waals surface area contributed by atoms with Crippen molar-refractivity contribution in [2.75, 3.05) is 13.2 Å². The van der Waals surface area contributed by atoms with Crippen molar-refractivity contribution >= 4 is 18.3 Å². The Bertz CT molecular complexity index is 372. The fourth-order valence-corrected chi connectivity index (χ4v) is 1.37. The summed E-state index contributed by atoms with van der Waals surface area (Å²) >= 11 is 0. The van der Waals surface area contributed by atoms with Crippen LogP contribution in [0.15, 0.2) is 24.3 Å². The molecule has 0 fully saturated rings. The minimum Gasteiger partial charge on any atom is -0.493 e. The maximum atomic E-state index is 11.4. The molecule has 102 valence electrons. The van der Waals surface area contributed by atoms with Gasteiger partial charge in [-0.1, -0.05) is 12.1 Å². The zero-order valence-electron chi connectivity index (χ0n) is 10.8.